The van der Waals surface area contributed by atoms with Crippen molar-refractivity contribution in [3.63, 3.8) is 0 Å². The van der Waals surface area contributed by atoms with Crippen molar-refractivity contribution in [3.05, 3.63) is 47.8 Å². The number of hydrogen-bond acceptors (Lipinski definition) is 8. The van der Waals surface area contributed by atoms with Gasteiger partial charge >= 0.3 is 5.97 Å². The third-order valence-electron chi connectivity index (χ3n) is 9.06. The number of carbonyl (C=O) groups is 2. The summed E-state index contributed by atoms with van der Waals surface area (Å²) in [6, 6.07) is 9.28. The van der Waals surface area contributed by atoms with Crippen LogP contribution >= 0.6 is 0 Å². The lowest BCUT2D eigenvalue weighted by atomic mass is 9.73. The van der Waals surface area contributed by atoms with Gasteiger partial charge in [0.25, 0.3) is 0 Å². The van der Waals surface area contributed by atoms with Crippen molar-refractivity contribution in [1.29, 1.82) is 0 Å². The monoisotopic (exact) mass is 567 g/mol. The number of carbonyl (C=O) groups excluding carboxylic acids is 2. The molecule has 0 spiro atoms. The van der Waals surface area contributed by atoms with E-state index in [1.807, 2.05) is 56.5 Å². The molecule has 7 atom stereocenters. The number of hydrogen-bond donors (Lipinski definition) is 3. The number of aromatic nitrogens is 2. The maximum absolute atomic E-state index is 13.3. The Balaban J connectivity index is 1.57. The summed E-state index contributed by atoms with van der Waals surface area (Å²) in [6.45, 7) is 10.8. The normalized spacial score (nSPS) is 33.6. The van der Waals surface area contributed by atoms with Gasteiger partial charge in [-0.05, 0) is 74.6 Å². The highest BCUT2D eigenvalue weighted by Crippen LogP contribution is 2.45. The quantitative estimate of drug-likeness (QED) is 0.280. The van der Waals surface area contributed by atoms with E-state index in [-0.39, 0.29) is 29.8 Å². The maximum Gasteiger partial charge on any atom is 0.309 e. The van der Waals surface area contributed by atoms with Gasteiger partial charge in [-0.2, -0.15) is 5.10 Å². The minimum Gasteiger partial charge on any atom is -0.458 e. The Morgan fingerprint density at radius 1 is 1.12 bits per heavy atom. The zero-order valence-electron chi connectivity index (χ0n) is 25.0. The van der Waals surface area contributed by atoms with Gasteiger partial charge in [0.15, 0.2) is 0 Å². The van der Waals surface area contributed by atoms with Crippen molar-refractivity contribution < 1.29 is 29.3 Å². The fourth-order valence-electron chi connectivity index (χ4n) is 5.81. The van der Waals surface area contributed by atoms with E-state index in [9.17, 15) is 19.8 Å². The summed E-state index contributed by atoms with van der Waals surface area (Å²) in [6.07, 6.45) is 3.48. The van der Waals surface area contributed by atoms with E-state index in [1.54, 1.807) is 25.5 Å². The molecule has 0 amide bonds. The van der Waals surface area contributed by atoms with Crippen LogP contribution in [0.4, 0.5) is 5.69 Å². The molecule has 41 heavy (non-hydrogen) atoms. The predicted molar refractivity (Wildman–Crippen MR) is 157 cm³/mol. The molecule has 1 aromatic heterocycles. The van der Waals surface area contributed by atoms with Gasteiger partial charge in [0, 0.05) is 24.2 Å². The van der Waals surface area contributed by atoms with Gasteiger partial charge in [-0.1, -0.05) is 34.1 Å². The first-order valence-electron chi connectivity index (χ1n) is 14.6. The maximum atomic E-state index is 13.3. The van der Waals surface area contributed by atoms with Crippen molar-refractivity contribution in [1.82, 2.24) is 9.78 Å². The molecule has 0 bridgehead atoms. The first-order chi connectivity index (χ1) is 19.2. The van der Waals surface area contributed by atoms with E-state index < -0.39 is 35.6 Å². The number of fused-ring (bicyclic) bond motifs is 1. The molecule has 2 aliphatic rings. The lowest BCUT2D eigenvalue weighted by Crippen LogP contribution is -2.45. The summed E-state index contributed by atoms with van der Waals surface area (Å²) >= 11 is 0. The fourth-order valence-corrected chi connectivity index (χ4v) is 5.81. The number of Topliss-reactive ketones (excluding diaryl/α,β-unsaturated/α-hetero) is 1. The largest absolute Gasteiger partial charge is 0.458 e. The van der Waals surface area contributed by atoms with Crippen molar-refractivity contribution in [2.24, 2.45) is 17.3 Å². The Morgan fingerprint density at radius 2 is 1.80 bits per heavy atom. The lowest BCUT2D eigenvalue weighted by molar-refractivity contribution is -0.154. The number of epoxide rings is 1. The highest BCUT2D eigenvalue weighted by Gasteiger charge is 2.53. The van der Waals surface area contributed by atoms with Crippen LogP contribution in [0.1, 0.15) is 79.3 Å². The summed E-state index contributed by atoms with van der Waals surface area (Å²) in [4.78, 5) is 26.4. The number of ether oxygens (including phenoxy) is 2. The van der Waals surface area contributed by atoms with Crippen LogP contribution < -0.4 is 5.73 Å². The fraction of sp³-hybridized carbons (Fsp3) is 0.594. The van der Waals surface area contributed by atoms with Crippen molar-refractivity contribution >= 4 is 23.5 Å². The van der Waals surface area contributed by atoms with E-state index in [1.165, 1.54) is 0 Å². The molecule has 2 fully saturated rings. The van der Waals surface area contributed by atoms with Crippen molar-refractivity contribution in [3.8, 4) is 5.69 Å². The first kappa shape index (κ1) is 30.9. The molecule has 0 aliphatic carbocycles. The van der Waals surface area contributed by atoms with Crippen LogP contribution in [0.3, 0.4) is 0 Å². The van der Waals surface area contributed by atoms with Gasteiger partial charge < -0.3 is 25.4 Å². The predicted octanol–water partition coefficient (Wildman–Crippen LogP) is 4.48. The van der Waals surface area contributed by atoms with Gasteiger partial charge in [-0.3, -0.25) is 9.59 Å². The topological polar surface area (TPSA) is 140 Å². The van der Waals surface area contributed by atoms with Crippen LogP contribution in [0.25, 0.3) is 11.8 Å². The number of nitrogens with zero attached hydrogens (tertiary/aromatic N) is 2. The Hall–Kier alpha value is -3.01. The third kappa shape index (κ3) is 7.08. The third-order valence-corrected chi connectivity index (χ3v) is 9.06. The molecule has 0 saturated carbocycles. The number of ketones is 1. The van der Waals surface area contributed by atoms with E-state index in [0.717, 1.165) is 30.5 Å². The first-order valence-corrected chi connectivity index (χ1v) is 14.6. The van der Waals surface area contributed by atoms with Gasteiger partial charge in [-0.15, -0.1) is 0 Å². The van der Waals surface area contributed by atoms with Crippen LogP contribution in [0.15, 0.2) is 42.1 Å². The van der Waals surface area contributed by atoms with E-state index in [0.29, 0.717) is 17.8 Å². The number of aliphatic hydroxyl groups is 2. The molecule has 2 aliphatic heterocycles. The Kier molecular flexibility index (Phi) is 9.11. The van der Waals surface area contributed by atoms with E-state index in [2.05, 4.69) is 12.0 Å². The molecule has 9 nitrogen and oxygen atoms in total. The smallest absolute Gasteiger partial charge is 0.309 e. The molecule has 3 heterocycles. The van der Waals surface area contributed by atoms with Crippen molar-refractivity contribution in [2.45, 2.75) is 104 Å². The molecule has 9 heteroatoms. The van der Waals surface area contributed by atoms with E-state index >= 15 is 0 Å². The number of benzene rings is 1. The second-order valence-corrected chi connectivity index (χ2v) is 12.8. The number of esters is 1. The van der Waals surface area contributed by atoms with Crippen LogP contribution in [0, 0.1) is 17.3 Å². The SMILES string of the molecule is C/C(=C\c1ccn(-c2ccc(N)cc2)n1)[C@@H]1C[C@@H]2O[C@]2(C)CCC[C@H](C)[C@H](O)[C@@H](C)C(=O)C(C)(C)[C@@H](O)CC(=O)O1. The molecule has 4 rings (SSSR count). The minimum atomic E-state index is -1.26. The molecule has 2 saturated heterocycles. The van der Waals surface area contributed by atoms with E-state index in [4.69, 9.17) is 15.2 Å². The highest BCUT2D eigenvalue weighted by atomic mass is 16.6. The number of anilines is 1. The van der Waals surface area contributed by atoms with Gasteiger partial charge in [0.2, 0.25) is 0 Å². The summed E-state index contributed by atoms with van der Waals surface area (Å²) in [7, 11) is 0. The number of rotatable bonds is 3. The van der Waals surface area contributed by atoms with Gasteiger partial charge in [0.05, 0.1) is 47.1 Å². The van der Waals surface area contributed by atoms with Gasteiger partial charge in [-0.25, -0.2) is 4.68 Å². The molecule has 0 unspecified atom stereocenters. The Bertz CT molecular complexity index is 1270. The minimum absolute atomic E-state index is 0.0912. The highest BCUT2D eigenvalue weighted by molar-refractivity contribution is 5.88. The molecular weight excluding hydrogens is 522 g/mol. The van der Waals surface area contributed by atoms with Gasteiger partial charge in [0.1, 0.15) is 11.9 Å². The summed E-state index contributed by atoms with van der Waals surface area (Å²) in [5.41, 5.74) is 7.28. The molecule has 2 aromatic rings. The zero-order chi connectivity index (χ0) is 30.1. The summed E-state index contributed by atoms with van der Waals surface area (Å²) < 4.78 is 13.8. The number of aliphatic hydroxyl groups excluding tert-OH is 2. The average Bonchev–Trinajstić information content (AvgIpc) is 3.31. The van der Waals surface area contributed by atoms with Crippen LogP contribution in [-0.2, 0) is 19.1 Å². The molecular formula is C32H45N3O6. The van der Waals surface area contributed by atoms with Crippen LogP contribution in [0.5, 0.6) is 0 Å². The summed E-state index contributed by atoms with van der Waals surface area (Å²) in [5.74, 6) is -1.64. The lowest BCUT2D eigenvalue weighted by Gasteiger charge is -2.34. The van der Waals surface area contributed by atoms with Crippen molar-refractivity contribution in [2.75, 3.05) is 5.73 Å². The van der Waals surface area contributed by atoms with Crippen LogP contribution in [-0.4, -0.2) is 61.8 Å². The van der Waals surface area contributed by atoms with Crippen LogP contribution in [0.2, 0.25) is 0 Å². The zero-order valence-corrected chi connectivity index (χ0v) is 25.0. The Labute approximate surface area is 242 Å². The Morgan fingerprint density at radius 3 is 2.49 bits per heavy atom. The average molecular weight is 568 g/mol. The second-order valence-electron chi connectivity index (χ2n) is 12.8. The molecule has 224 valence electrons. The molecule has 4 N–H and O–H groups in total. The number of cyclic esters (lactones) is 1. The number of nitrogens with two attached hydrogens (primary N) is 1. The number of nitrogen functional groups attached to an aromatic ring is 1. The standard InChI is InChI=1S/C32H45N3O6/c1-19-8-7-14-32(6)27(41-32)17-25(40-28(37)18-26(36)31(4,5)30(39)21(3)29(19)38)20(2)16-23-13-15-35(34-23)24-11-9-22(33)10-12-24/h9-13,15-16,19,21,25-27,29,36,38H,7-8,14,17-18,33H2,1-6H3/b20-16+/t19-,21+,25-,26-,27-,29-,32+/m0/s1. The second kappa shape index (κ2) is 12.1. The summed E-state index contributed by atoms with van der Waals surface area (Å²) in [5, 5.41) is 26.5. The molecule has 1 aromatic carbocycles. The molecule has 0 radical (unpaired) electrons.